The minimum Gasteiger partial charge on any atom is -0.493 e. The Labute approximate surface area is 118 Å². The van der Waals surface area contributed by atoms with Gasteiger partial charge in [-0.05, 0) is 12.5 Å². The molecule has 1 aromatic carbocycles. The summed E-state index contributed by atoms with van der Waals surface area (Å²) < 4.78 is 68.1. The zero-order valence-corrected chi connectivity index (χ0v) is 11.8. The standard InChI is InChI=1S/C11H10ClF3O4S/c1-3-4-7-5-8(12)6-9(18-2)10(7)19-20(16,17)11(13,14)15/h3,5-6H,1,4H2,2H3. The molecule has 0 atom stereocenters. The minimum atomic E-state index is -5.79. The lowest BCUT2D eigenvalue weighted by Gasteiger charge is -2.15. The van der Waals surface area contributed by atoms with Crippen LogP contribution in [0, 0.1) is 0 Å². The smallest absolute Gasteiger partial charge is 0.493 e. The molecule has 0 aliphatic carbocycles. The summed E-state index contributed by atoms with van der Waals surface area (Å²) in [5.41, 5.74) is -5.43. The Morgan fingerprint density at radius 1 is 1.40 bits per heavy atom. The number of alkyl halides is 3. The summed E-state index contributed by atoms with van der Waals surface area (Å²) in [4.78, 5) is 0. The van der Waals surface area contributed by atoms with Gasteiger partial charge in [0.05, 0.1) is 7.11 Å². The van der Waals surface area contributed by atoms with Crippen molar-refractivity contribution in [1.29, 1.82) is 0 Å². The van der Waals surface area contributed by atoms with Gasteiger partial charge < -0.3 is 8.92 Å². The van der Waals surface area contributed by atoms with Gasteiger partial charge in [0.25, 0.3) is 0 Å². The molecule has 4 nitrogen and oxygen atoms in total. The second kappa shape index (κ2) is 5.92. The predicted molar refractivity (Wildman–Crippen MR) is 67.5 cm³/mol. The van der Waals surface area contributed by atoms with E-state index in [9.17, 15) is 21.6 Å². The van der Waals surface area contributed by atoms with Crippen LogP contribution in [0.15, 0.2) is 24.8 Å². The van der Waals surface area contributed by atoms with E-state index in [1.54, 1.807) is 0 Å². The van der Waals surface area contributed by atoms with Gasteiger partial charge >= 0.3 is 15.6 Å². The number of allylic oxidation sites excluding steroid dienone is 1. The first-order valence-corrected chi connectivity index (χ1v) is 6.89. The second-order valence-corrected chi connectivity index (χ2v) is 5.55. The molecule has 0 amide bonds. The van der Waals surface area contributed by atoms with E-state index < -0.39 is 21.4 Å². The Balaban J connectivity index is 3.39. The van der Waals surface area contributed by atoms with Gasteiger partial charge in [-0.15, -0.1) is 6.58 Å². The highest BCUT2D eigenvalue weighted by Crippen LogP contribution is 2.38. The average molecular weight is 331 g/mol. The normalized spacial score (nSPS) is 12.1. The molecule has 1 aromatic rings. The zero-order valence-electron chi connectivity index (χ0n) is 10.2. The van der Waals surface area contributed by atoms with Gasteiger partial charge in [-0.3, -0.25) is 0 Å². The van der Waals surface area contributed by atoms with Crippen LogP contribution in [-0.4, -0.2) is 21.0 Å². The van der Waals surface area contributed by atoms with E-state index in [0.717, 1.165) is 13.2 Å². The van der Waals surface area contributed by atoms with E-state index in [1.165, 1.54) is 12.1 Å². The monoisotopic (exact) mass is 330 g/mol. The summed E-state index contributed by atoms with van der Waals surface area (Å²) in [6, 6.07) is 2.42. The summed E-state index contributed by atoms with van der Waals surface area (Å²) in [5.74, 6) is -0.781. The van der Waals surface area contributed by atoms with E-state index in [0.29, 0.717) is 0 Å². The molecule has 0 saturated heterocycles. The number of hydrogen-bond acceptors (Lipinski definition) is 4. The van der Waals surface area contributed by atoms with Crippen molar-refractivity contribution in [2.24, 2.45) is 0 Å². The van der Waals surface area contributed by atoms with E-state index in [4.69, 9.17) is 16.3 Å². The van der Waals surface area contributed by atoms with Crippen LogP contribution in [0.1, 0.15) is 5.56 Å². The van der Waals surface area contributed by atoms with Crippen molar-refractivity contribution in [3.8, 4) is 11.5 Å². The first-order chi connectivity index (χ1) is 9.12. The van der Waals surface area contributed by atoms with Crippen LogP contribution in [-0.2, 0) is 16.5 Å². The molecule has 0 saturated carbocycles. The summed E-state index contributed by atoms with van der Waals surface area (Å²) >= 11 is 5.76. The number of methoxy groups -OCH3 is 1. The maximum Gasteiger partial charge on any atom is 0.534 e. The van der Waals surface area contributed by atoms with Crippen molar-refractivity contribution in [3.63, 3.8) is 0 Å². The second-order valence-electron chi connectivity index (χ2n) is 3.57. The molecule has 9 heteroatoms. The molecular formula is C11H10ClF3O4S. The number of halogens is 4. The van der Waals surface area contributed by atoms with E-state index in [1.807, 2.05) is 0 Å². The van der Waals surface area contributed by atoms with E-state index >= 15 is 0 Å². The van der Waals surface area contributed by atoms with Gasteiger partial charge in [-0.2, -0.15) is 21.6 Å². The molecule has 0 radical (unpaired) electrons. The van der Waals surface area contributed by atoms with Crippen LogP contribution in [0.25, 0.3) is 0 Å². The Morgan fingerprint density at radius 3 is 2.45 bits per heavy atom. The number of hydrogen-bond donors (Lipinski definition) is 0. The highest BCUT2D eigenvalue weighted by molar-refractivity contribution is 7.88. The SMILES string of the molecule is C=CCc1cc(Cl)cc(OC)c1OS(=O)(=O)C(F)(F)F. The van der Waals surface area contributed by atoms with Crippen molar-refractivity contribution >= 4 is 21.7 Å². The van der Waals surface area contributed by atoms with Crippen LogP contribution < -0.4 is 8.92 Å². The quantitative estimate of drug-likeness (QED) is 0.472. The first-order valence-electron chi connectivity index (χ1n) is 5.10. The lowest BCUT2D eigenvalue weighted by Crippen LogP contribution is -2.28. The molecule has 0 aliphatic rings. The highest BCUT2D eigenvalue weighted by Gasteiger charge is 2.49. The van der Waals surface area contributed by atoms with Crippen molar-refractivity contribution in [2.45, 2.75) is 11.9 Å². The largest absolute Gasteiger partial charge is 0.534 e. The summed E-state index contributed by atoms with van der Waals surface area (Å²) in [6.07, 6.45) is 1.41. The van der Waals surface area contributed by atoms with Crippen LogP contribution in [0.2, 0.25) is 5.02 Å². The number of ether oxygens (including phenoxy) is 1. The average Bonchev–Trinajstić information content (AvgIpc) is 2.30. The number of rotatable bonds is 5. The van der Waals surface area contributed by atoms with Crippen molar-refractivity contribution < 1.29 is 30.5 Å². The van der Waals surface area contributed by atoms with Crippen molar-refractivity contribution in [2.75, 3.05) is 7.11 Å². The molecule has 1 rings (SSSR count). The fourth-order valence-corrected chi connectivity index (χ4v) is 2.07. The Bertz CT molecular complexity index is 611. The third-order valence-electron chi connectivity index (χ3n) is 2.16. The molecule has 0 N–H and O–H groups in total. The van der Waals surface area contributed by atoms with Crippen molar-refractivity contribution in [1.82, 2.24) is 0 Å². The Kier molecular flexibility index (Phi) is 4.93. The maximum absolute atomic E-state index is 12.4. The topological polar surface area (TPSA) is 52.6 Å². The van der Waals surface area contributed by atoms with Crippen LogP contribution in [0.3, 0.4) is 0 Å². The molecule has 0 aliphatic heterocycles. The lowest BCUT2D eigenvalue weighted by molar-refractivity contribution is -0.0500. The first kappa shape index (κ1) is 16.6. The molecule has 20 heavy (non-hydrogen) atoms. The van der Waals surface area contributed by atoms with Gasteiger partial charge in [-0.25, -0.2) is 0 Å². The van der Waals surface area contributed by atoms with Crippen LogP contribution in [0.4, 0.5) is 13.2 Å². The van der Waals surface area contributed by atoms with Gasteiger partial charge in [-0.1, -0.05) is 17.7 Å². The number of benzene rings is 1. The zero-order chi connectivity index (χ0) is 15.6. The summed E-state index contributed by atoms with van der Waals surface area (Å²) in [6.45, 7) is 3.42. The molecule has 0 fully saturated rings. The van der Waals surface area contributed by atoms with E-state index in [-0.39, 0.29) is 22.8 Å². The molecule has 0 heterocycles. The molecule has 0 spiro atoms. The third kappa shape index (κ3) is 3.57. The fourth-order valence-electron chi connectivity index (χ4n) is 1.33. The van der Waals surface area contributed by atoms with Gasteiger partial charge in [0.1, 0.15) is 0 Å². The molecule has 0 bridgehead atoms. The summed E-state index contributed by atoms with van der Waals surface area (Å²) in [7, 11) is -4.65. The fraction of sp³-hybridized carbons (Fsp3) is 0.273. The Morgan fingerprint density at radius 2 is 2.00 bits per heavy atom. The van der Waals surface area contributed by atoms with Crippen molar-refractivity contribution in [3.05, 3.63) is 35.4 Å². The van der Waals surface area contributed by atoms with Crippen LogP contribution >= 0.6 is 11.6 Å². The third-order valence-corrected chi connectivity index (χ3v) is 3.33. The van der Waals surface area contributed by atoms with E-state index in [2.05, 4.69) is 10.8 Å². The Hall–Kier alpha value is -1.41. The maximum atomic E-state index is 12.4. The predicted octanol–water partition coefficient (Wildman–Crippen LogP) is 3.31. The molecule has 112 valence electrons. The van der Waals surface area contributed by atoms with Gasteiger partial charge in [0.2, 0.25) is 0 Å². The lowest BCUT2D eigenvalue weighted by atomic mass is 10.1. The summed E-state index contributed by atoms with van der Waals surface area (Å²) in [5, 5.41) is 0.162. The minimum absolute atomic E-state index is 0.0552. The van der Waals surface area contributed by atoms with Gasteiger partial charge in [0, 0.05) is 16.7 Å². The molecule has 0 unspecified atom stereocenters. The van der Waals surface area contributed by atoms with Gasteiger partial charge in [0.15, 0.2) is 11.5 Å². The molecule has 0 aromatic heterocycles. The van der Waals surface area contributed by atoms with Crippen LogP contribution in [0.5, 0.6) is 11.5 Å². The molecular weight excluding hydrogens is 321 g/mol. The highest BCUT2D eigenvalue weighted by atomic mass is 35.5.